The summed E-state index contributed by atoms with van der Waals surface area (Å²) >= 11 is 0. The van der Waals surface area contributed by atoms with Gasteiger partial charge < -0.3 is 10.1 Å². The second kappa shape index (κ2) is 7.52. The van der Waals surface area contributed by atoms with E-state index < -0.39 is 21.7 Å². The average Bonchev–Trinajstić information content (AvgIpc) is 3.08. The van der Waals surface area contributed by atoms with E-state index in [-0.39, 0.29) is 17.5 Å². The Morgan fingerprint density at radius 1 is 1.36 bits per heavy atom. The molecule has 1 amide bonds. The smallest absolute Gasteiger partial charge is 0.407 e. The number of rotatable bonds is 4. The fourth-order valence-electron chi connectivity index (χ4n) is 3.27. The summed E-state index contributed by atoms with van der Waals surface area (Å²) in [5.41, 5.74) is 0.0614. The normalized spacial score (nSPS) is 18.2. The molecule has 1 N–H and O–H groups in total. The molecule has 2 aromatic rings. The van der Waals surface area contributed by atoms with Crippen molar-refractivity contribution in [3.05, 3.63) is 42.7 Å². The second-order valence-corrected chi connectivity index (χ2v) is 9.69. The van der Waals surface area contributed by atoms with E-state index in [1.807, 2.05) is 6.07 Å². The number of hydrogen-bond acceptors (Lipinski definition) is 5. The standard InChI is InChI=1S/C20H25N3O4S/c1-5-14-11-21-12-15-7-6-8-17(18(14)15)28(25,26)23-10-9-16(13-23)22-19(24)27-20(2,3)4/h5-8,11-12,16H,1,9-10,13H2,2-4H3,(H,22,24). The van der Waals surface area contributed by atoms with E-state index >= 15 is 0 Å². The maximum Gasteiger partial charge on any atom is 0.407 e. The van der Waals surface area contributed by atoms with Gasteiger partial charge in [-0.2, -0.15) is 4.31 Å². The molecule has 7 nitrogen and oxygen atoms in total. The topological polar surface area (TPSA) is 88.6 Å². The molecule has 2 heterocycles. The lowest BCUT2D eigenvalue weighted by Gasteiger charge is -2.22. The zero-order chi connectivity index (χ0) is 20.5. The minimum atomic E-state index is -3.74. The van der Waals surface area contributed by atoms with Crippen LogP contribution in [0.4, 0.5) is 4.79 Å². The largest absolute Gasteiger partial charge is 0.444 e. The third kappa shape index (κ3) is 4.18. The molecule has 1 aliphatic rings. The van der Waals surface area contributed by atoms with E-state index in [1.54, 1.807) is 51.4 Å². The lowest BCUT2D eigenvalue weighted by Crippen LogP contribution is -2.41. The Morgan fingerprint density at radius 2 is 2.11 bits per heavy atom. The maximum absolute atomic E-state index is 13.3. The molecule has 1 aromatic carbocycles. The summed E-state index contributed by atoms with van der Waals surface area (Å²) in [5.74, 6) is 0. The first-order chi connectivity index (χ1) is 13.1. The highest BCUT2D eigenvalue weighted by Gasteiger charge is 2.35. The zero-order valence-electron chi connectivity index (χ0n) is 16.3. The first kappa shape index (κ1) is 20.3. The Kier molecular flexibility index (Phi) is 5.45. The number of benzene rings is 1. The monoisotopic (exact) mass is 403 g/mol. The number of ether oxygens (including phenoxy) is 1. The van der Waals surface area contributed by atoms with Crippen LogP contribution in [0, 0.1) is 0 Å². The van der Waals surface area contributed by atoms with Crippen molar-refractivity contribution in [3.8, 4) is 0 Å². The summed E-state index contributed by atoms with van der Waals surface area (Å²) in [5, 5.41) is 4.10. The van der Waals surface area contributed by atoms with Crippen molar-refractivity contribution in [3.63, 3.8) is 0 Å². The number of alkyl carbamates (subject to hydrolysis) is 1. The summed E-state index contributed by atoms with van der Waals surface area (Å²) in [6.45, 7) is 9.64. The van der Waals surface area contributed by atoms with Crippen molar-refractivity contribution >= 4 is 33.0 Å². The number of hydrogen-bond donors (Lipinski definition) is 1. The highest BCUT2D eigenvalue weighted by Crippen LogP contribution is 2.30. The molecule has 1 aliphatic heterocycles. The van der Waals surface area contributed by atoms with Crippen LogP contribution in [0.2, 0.25) is 0 Å². The van der Waals surface area contributed by atoms with Crippen molar-refractivity contribution < 1.29 is 17.9 Å². The predicted octanol–water partition coefficient (Wildman–Crippen LogP) is 3.17. The van der Waals surface area contributed by atoms with Gasteiger partial charge in [0.1, 0.15) is 5.60 Å². The average molecular weight is 404 g/mol. The Balaban J connectivity index is 1.84. The third-order valence-electron chi connectivity index (χ3n) is 4.48. The van der Waals surface area contributed by atoms with Gasteiger partial charge in [-0.3, -0.25) is 4.98 Å². The quantitative estimate of drug-likeness (QED) is 0.847. The van der Waals surface area contributed by atoms with E-state index in [2.05, 4.69) is 16.9 Å². The minimum Gasteiger partial charge on any atom is -0.444 e. The lowest BCUT2D eigenvalue weighted by atomic mass is 10.1. The van der Waals surface area contributed by atoms with Gasteiger partial charge in [0.15, 0.2) is 0 Å². The molecular weight excluding hydrogens is 378 g/mol. The van der Waals surface area contributed by atoms with Crippen LogP contribution < -0.4 is 5.32 Å². The molecule has 1 unspecified atom stereocenters. The van der Waals surface area contributed by atoms with Crippen LogP contribution in [0.1, 0.15) is 32.8 Å². The van der Waals surface area contributed by atoms with Gasteiger partial charge in [0.05, 0.1) is 4.90 Å². The third-order valence-corrected chi connectivity index (χ3v) is 6.39. The SMILES string of the molecule is C=Cc1cncc2cccc(S(=O)(=O)N3CCC(NC(=O)OC(C)(C)C)C3)c12. The van der Waals surface area contributed by atoms with Crippen molar-refractivity contribution in [1.82, 2.24) is 14.6 Å². The van der Waals surface area contributed by atoms with Gasteiger partial charge in [0.25, 0.3) is 0 Å². The molecule has 0 aliphatic carbocycles. The number of nitrogens with zero attached hydrogens (tertiary/aromatic N) is 2. The number of aromatic nitrogens is 1. The van der Waals surface area contributed by atoms with E-state index in [0.717, 1.165) is 5.39 Å². The molecule has 0 radical (unpaired) electrons. The lowest BCUT2D eigenvalue weighted by molar-refractivity contribution is 0.0507. The predicted molar refractivity (Wildman–Crippen MR) is 108 cm³/mol. The fourth-order valence-corrected chi connectivity index (χ4v) is 5.02. The van der Waals surface area contributed by atoms with Gasteiger partial charge >= 0.3 is 6.09 Å². The molecular formula is C20H25N3O4S. The van der Waals surface area contributed by atoms with Gasteiger partial charge in [-0.05, 0) is 33.3 Å². The van der Waals surface area contributed by atoms with Gasteiger partial charge in [0.2, 0.25) is 10.0 Å². The van der Waals surface area contributed by atoms with Gasteiger partial charge in [-0.15, -0.1) is 0 Å². The molecule has 1 aromatic heterocycles. The number of sulfonamides is 1. The highest BCUT2D eigenvalue weighted by atomic mass is 32.2. The Labute approximate surface area is 165 Å². The van der Waals surface area contributed by atoms with Gasteiger partial charge in [0, 0.05) is 47.9 Å². The van der Waals surface area contributed by atoms with Crippen LogP contribution in [0.3, 0.4) is 0 Å². The van der Waals surface area contributed by atoms with Gasteiger partial charge in [-0.1, -0.05) is 24.8 Å². The molecule has 1 fully saturated rings. The number of carbonyl (C=O) groups is 1. The van der Waals surface area contributed by atoms with Crippen LogP contribution in [0.5, 0.6) is 0 Å². The number of pyridine rings is 1. The first-order valence-electron chi connectivity index (χ1n) is 9.10. The van der Waals surface area contributed by atoms with Crippen LogP contribution >= 0.6 is 0 Å². The number of amides is 1. The summed E-state index contributed by atoms with van der Waals surface area (Å²) in [4.78, 5) is 16.3. The summed E-state index contributed by atoms with van der Waals surface area (Å²) in [6.07, 6.45) is 4.83. The molecule has 0 saturated carbocycles. The molecule has 8 heteroatoms. The van der Waals surface area contributed by atoms with Crippen LogP contribution in [0.15, 0.2) is 42.1 Å². The maximum atomic E-state index is 13.3. The summed E-state index contributed by atoms with van der Waals surface area (Å²) < 4.78 is 33.3. The van der Waals surface area contributed by atoms with E-state index in [4.69, 9.17) is 4.74 Å². The molecule has 1 saturated heterocycles. The number of fused-ring (bicyclic) bond motifs is 1. The van der Waals surface area contributed by atoms with Gasteiger partial charge in [-0.25, -0.2) is 13.2 Å². The Bertz CT molecular complexity index is 1010. The molecule has 28 heavy (non-hydrogen) atoms. The summed E-state index contributed by atoms with van der Waals surface area (Å²) in [7, 11) is -3.74. The molecule has 0 bridgehead atoms. The molecule has 1 atom stereocenters. The van der Waals surface area contributed by atoms with Crippen molar-refractivity contribution in [2.24, 2.45) is 0 Å². The summed E-state index contributed by atoms with van der Waals surface area (Å²) in [6, 6.07) is 4.83. The number of carbonyl (C=O) groups excluding carboxylic acids is 1. The fraction of sp³-hybridized carbons (Fsp3) is 0.400. The van der Waals surface area contributed by atoms with E-state index in [0.29, 0.717) is 23.9 Å². The molecule has 3 rings (SSSR count). The zero-order valence-corrected chi connectivity index (χ0v) is 17.1. The van der Waals surface area contributed by atoms with Crippen molar-refractivity contribution in [1.29, 1.82) is 0 Å². The van der Waals surface area contributed by atoms with Crippen LogP contribution in [0.25, 0.3) is 16.8 Å². The first-order valence-corrected chi connectivity index (χ1v) is 10.5. The number of nitrogens with one attached hydrogen (secondary N) is 1. The minimum absolute atomic E-state index is 0.201. The molecule has 150 valence electrons. The molecule has 0 spiro atoms. The Morgan fingerprint density at radius 3 is 2.79 bits per heavy atom. The highest BCUT2D eigenvalue weighted by molar-refractivity contribution is 7.89. The van der Waals surface area contributed by atoms with Crippen LogP contribution in [-0.2, 0) is 14.8 Å². The van der Waals surface area contributed by atoms with E-state index in [9.17, 15) is 13.2 Å². The second-order valence-electron chi connectivity index (χ2n) is 7.78. The van der Waals surface area contributed by atoms with E-state index in [1.165, 1.54) is 4.31 Å². The van der Waals surface area contributed by atoms with Crippen molar-refractivity contribution in [2.75, 3.05) is 13.1 Å². The Hall–Kier alpha value is -2.45. The van der Waals surface area contributed by atoms with Crippen molar-refractivity contribution in [2.45, 2.75) is 43.7 Å². The van der Waals surface area contributed by atoms with Crippen LogP contribution in [-0.4, -0.2) is 48.5 Å².